The number of para-hydroxylation sites is 1. The van der Waals surface area contributed by atoms with E-state index in [0.717, 1.165) is 23.7 Å². The van der Waals surface area contributed by atoms with Gasteiger partial charge in [0.2, 0.25) is 0 Å². The Balaban J connectivity index is 1.91. The van der Waals surface area contributed by atoms with Crippen molar-refractivity contribution in [2.45, 2.75) is 19.3 Å². The lowest BCUT2D eigenvalue weighted by Crippen LogP contribution is -2.21. The summed E-state index contributed by atoms with van der Waals surface area (Å²) in [4.78, 5) is 8.76. The number of aromatic nitrogens is 2. The highest BCUT2D eigenvalue weighted by Crippen LogP contribution is 2.31. The van der Waals surface area contributed by atoms with Crippen molar-refractivity contribution < 1.29 is 4.74 Å². The van der Waals surface area contributed by atoms with E-state index in [1.807, 2.05) is 25.1 Å². The fourth-order valence-corrected chi connectivity index (χ4v) is 2.47. The molecule has 0 fully saturated rings. The van der Waals surface area contributed by atoms with E-state index in [1.165, 1.54) is 5.56 Å². The van der Waals surface area contributed by atoms with Gasteiger partial charge in [-0.1, -0.05) is 29.8 Å². The van der Waals surface area contributed by atoms with Crippen LogP contribution in [0.2, 0.25) is 5.15 Å². The SMILES string of the molecule is Cc1cc(Cl)nc(C2COc3ccccc3C2)n1. The molecule has 0 bridgehead atoms. The smallest absolute Gasteiger partial charge is 0.137 e. The minimum Gasteiger partial charge on any atom is -0.493 e. The summed E-state index contributed by atoms with van der Waals surface area (Å²) in [5, 5.41) is 0.497. The molecule has 1 unspecified atom stereocenters. The summed E-state index contributed by atoms with van der Waals surface area (Å²) in [6, 6.07) is 9.85. The zero-order valence-corrected chi connectivity index (χ0v) is 10.8. The third-order valence-corrected chi connectivity index (χ3v) is 3.28. The Bertz CT molecular complexity index is 566. The van der Waals surface area contributed by atoms with Gasteiger partial charge in [0.15, 0.2) is 0 Å². The van der Waals surface area contributed by atoms with E-state index in [4.69, 9.17) is 16.3 Å². The van der Waals surface area contributed by atoms with Crippen LogP contribution in [0.25, 0.3) is 0 Å². The molecule has 2 heterocycles. The molecule has 2 aromatic rings. The van der Waals surface area contributed by atoms with E-state index in [2.05, 4.69) is 16.0 Å². The van der Waals surface area contributed by atoms with Gasteiger partial charge in [0.1, 0.15) is 16.7 Å². The van der Waals surface area contributed by atoms with E-state index >= 15 is 0 Å². The van der Waals surface area contributed by atoms with Crippen molar-refractivity contribution in [3.8, 4) is 5.75 Å². The van der Waals surface area contributed by atoms with Crippen LogP contribution < -0.4 is 4.74 Å². The maximum Gasteiger partial charge on any atom is 0.137 e. The molecular formula is C14H13ClN2O. The maximum atomic E-state index is 5.98. The first kappa shape index (κ1) is 11.5. The summed E-state index contributed by atoms with van der Waals surface area (Å²) < 4.78 is 5.75. The van der Waals surface area contributed by atoms with Gasteiger partial charge in [-0.3, -0.25) is 0 Å². The van der Waals surface area contributed by atoms with Crippen LogP contribution in [0.1, 0.15) is 23.0 Å². The molecule has 1 atom stereocenters. The molecule has 3 rings (SSSR count). The van der Waals surface area contributed by atoms with Gasteiger partial charge < -0.3 is 4.74 Å². The maximum absolute atomic E-state index is 5.98. The monoisotopic (exact) mass is 260 g/mol. The number of aryl methyl sites for hydroxylation is 1. The molecule has 0 saturated heterocycles. The summed E-state index contributed by atoms with van der Waals surface area (Å²) in [5.41, 5.74) is 2.10. The molecule has 0 amide bonds. The van der Waals surface area contributed by atoms with Crippen molar-refractivity contribution in [3.05, 3.63) is 52.6 Å². The van der Waals surface area contributed by atoms with Crippen molar-refractivity contribution in [3.63, 3.8) is 0 Å². The van der Waals surface area contributed by atoms with Gasteiger partial charge in [-0.2, -0.15) is 0 Å². The number of rotatable bonds is 1. The van der Waals surface area contributed by atoms with Crippen LogP contribution in [0, 0.1) is 6.92 Å². The Morgan fingerprint density at radius 3 is 2.94 bits per heavy atom. The highest BCUT2D eigenvalue weighted by molar-refractivity contribution is 6.29. The van der Waals surface area contributed by atoms with Crippen LogP contribution in [-0.4, -0.2) is 16.6 Å². The average molecular weight is 261 g/mol. The first-order valence-electron chi connectivity index (χ1n) is 5.94. The lowest BCUT2D eigenvalue weighted by atomic mass is 9.96. The molecule has 92 valence electrons. The lowest BCUT2D eigenvalue weighted by molar-refractivity contribution is 0.257. The van der Waals surface area contributed by atoms with Gasteiger partial charge in [-0.05, 0) is 31.0 Å². The molecule has 1 aliphatic rings. The third-order valence-electron chi connectivity index (χ3n) is 3.08. The summed E-state index contributed by atoms with van der Waals surface area (Å²) in [6.45, 7) is 2.53. The van der Waals surface area contributed by atoms with Crippen LogP contribution in [0.15, 0.2) is 30.3 Å². The number of hydrogen-bond acceptors (Lipinski definition) is 3. The van der Waals surface area contributed by atoms with E-state index < -0.39 is 0 Å². The van der Waals surface area contributed by atoms with Crippen molar-refractivity contribution in [1.82, 2.24) is 9.97 Å². The van der Waals surface area contributed by atoms with Crippen molar-refractivity contribution in [1.29, 1.82) is 0 Å². The Morgan fingerprint density at radius 1 is 1.28 bits per heavy atom. The molecule has 0 aliphatic carbocycles. The first-order chi connectivity index (χ1) is 8.72. The van der Waals surface area contributed by atoms with Crippen LogP contribution in [0.5, 0.6) is 5.75 Å². The topological polar surface area (TPSA) is 35.0 Å². The highest BCUT2D eigenvalue weighted by atomic mass is 35.5. The Morgan fingerprint density at radius 2 is 2.11 bits per heavy atom. The van der Waals surface area contributed by atoms with Crippen molar-refractivity contribution in [2.75, 3.05) is 6.61 Å². The molecule has 0 saturated carbocycles. The second-order valence-corrected chi connectivity index (χ2v) is 4.90. The standard InChI is InChI=1S/C14H13ClN2O/c1-9-6-13(15)17-14(16-9)11-7-10-4-2-3-5-12(10)18-8-11/h2-6,11H,7-8H2,1H3. The van der Waals surface area contributed by atoms with Crippen molar-refractivity contribution in [2.24, 2.45) is 0 Å². The zero-order chi connectivity index (χ0) is 12.5. The van der Waals surface area contributed by atoms with Crippen LogP contribution >= 0.6 is 11.6 Å². The Kier molecular flexibility index (Phi) is 2.92. The van der Waals surface area contributed by atoms with Crippen LogP contribution in [-0.2, 0) is 6.42 Å². The van der Waals surface area contributed by atoms with E-state index in [9.17, 15) is 0 Å². The summed E-state index contributed by atoms with van der Waals surface area (Å²) in [5.74, 6) is 1.92. The minimum absolute atomic E-state index is 0.178. The number of ether oxygens (including phenoxy) is 1. The van der Waals surface area contributed by atoms with Gasteiger partial charge in [-0.25, -0.2) is 9.97 Å². The fraction of sp³-hybridized carbons (Fsp3) is 0.286. The van der Waals surface area contributed by atoms with E-state index in [1.54, 1.807) is 6.07 Å². The second kappa shape index (κ2) is 4.58. The molecule has 3 nitrogen and oxygen atoms in total. The highest BCUT2D eigenvalue weighted by Gasteiger charge is 2.23. The largest absolute Gasteiger partial charge is 0.493 e. The number of fused-ring (bicyclic) bond motifs is 1. The predicted molar refractivity (Wildman–Crippen MR) is 70.2 cm³/mol. The van der Waals surface area contributed by atoms with Gasteiger partial charge in [-0.15, -0.1) is 0 Å². The molecule has 1 aliphatic heterocycles. The van der Waals surface area contributed by atoms with E-state index in [0.29, 0.717) is 11.8 Å². The van der Waals surface area contributed by atoms with Gasteiger partial charge in [0, 0.05) is 5.69 Å². The predicted octanol–water partition coefficient (Wildman–Crippen LogP) is 3.16. The molecule has 0 N–H and O–H groups in total. The quantitative estimate of drug-likeness (QED) is 0.739. The zero-order valence-electron chi connectivity index (χ0n) is 10.1. The average Bonchev–Trinajstić information content (AvgIpc) is 2.37. The number of hydrogen-bond donors (Lipinski definition) is 0. The molecular weight excluding hydrogens is 248 g/mol. The summed E-state index contributed by atoms with van der Waals surface area (Å²) in [6.07, 6.45) is 0.899. The van der Waals surface area contributed by atoms with Gasteiger partial charge in [0.25, 0.3) is 0 Å². The molecule has 0 spiro atoms. The third kappa shape index (κ3) is 2.18. The second-order valence-electron chi connectivity index (χ2n) is 4.51. The Labute approximate surface area is 111 Å². The number of benzene rings is 1. The lowest BCUT2D eigenvalue weighted by Gasteiger charge is -2.24. The van der Waals surface area contributed by atoms with Gasteiger partial charge in [0.05, 0.1) is 12.5 Å². The summed E-state index contributed by atoms with van der Waals surface area (Å²) >= 11 is 5.98. The van der Waals surface area contributed by atoms with Gasteiger partial charge >= 0.3 is 0 Å². The molecule has 1 aromatic carbocycles. The molecule has 0 radical (unpaired) electrons. The molecule has 4 heteroatoms. The normalized spacial score (nSPS) is 18.0. The molecule has 1 aromatic heterocycles. The fourth-order valence-electron chi connectivity index (χ4n) is 2.23. The van der Waals surface area contributed by atoms with E-state index in [-0.39, 0.29) is 5.92 Å². The number of nitrogens with zero attached hydrogens (tertiary/aromatic N) is 2. The number of halogens is 1. The minimum atomic E-state index is 0.178. The molecule has 18 heavy (non-hydrogen) atoms. The van der Waals surface area contributed by atoms with Crippen LogP contribution in [0.4, 0.5) is 0 Å². The van der Waals surface area contributed by atoms with Crippen LogP contribution in [0.3, 0.4) is 0 Å². The Hall–Kier alpha value is -1.61. The summed E-state index contributed by atoms with van der Waals surface area (Å²) in [7, 11) is 0. The van der Waals surface area contributed by atoms with Crippen molar-refractivity contribution >= 4 is 11.6 Å². The first-order valence-corrected chi connectivity index (χ1v) is 6.32.